The molecule has 16 heavy (non-hydrogen) atoms. The van der Waals surface area contributed by atoms with Crippen LogP contribution in [0.15, 0.2) is 18.5 Å². The quantitative estimate of drug-likeness (QED) is 0.885. The summed E-state index contributed by atoms with van der Waals surface area (Å²) in [6.45, 7) is 4.24. The van der Waals surface area contributed by atoms with Gasteiger partial charge in [-0.1, -0.05) is 6.92 Å². The van der Waals surface area contributed by atoms with E-state index in [9.17, 15) is 0 Å². The monoisotopic (exact) mass is 233 g/mol. The van der Waals surface area contributed by atoms with Crippen molar-refractivity contribution in [3.05, 3.63) is 28.9 Å². The maximum Gasteiger partial charge on any atom is 0.132 e. The lowest BCUT2D eigenvalue weighted by Gasteiger charge is -2.09. The number of hydrogen-bond donors (Lipinski definition) is 1. The van der Waals surface area contributed by atoms with Gasteiger partial charge in [0.2, 0.25) is 0 Å². The number of anilines is 1. The molecule has 0 aliphatic carbocycles. The Balaban J connectivity index is 2.56. The van der Waals surface area contributed by atoms with Gasteiger partial charge in [-0.05, 0) is 25.5 Å². The van der Waals surface area contributed by atoms with Crippen LogP contribution in [0.5, 0.6) is 0 Å². The van der Waals surface area contributed by atoms with Crippen LogP contribution in [0.1, 0.15) is 17.4 Å². The first-order valence-electron chi connectivity index (χ1n) is 5.34. The van der Waals surface area contributed by atoms with Gasteiger partial charge in [0.15, 0.2) is 0 Å². The lowest BCUT2D eigenvalue weighted by molar-refractivity contribution is 1.05. The normalized spacial score (nSPS) is 10.4. The molecule has 0 amide bonds. The van der Waals surface area contributed by atoms with Crippen molar-refractivity contribution in [2.24, 2.45) is 0 Å². The fourth-order valence-corrected chi connectivity index (χ4v) is 2.63. The summed E-state index contributed by atoms with van der Waals surface area (Å²) in [6.07, 6.45) is 2.55. The highest BCUT2D eigenvalue weighted by atomic mass is 32.1. The standard InChI is InChI=1S/C12H15N3S/c1-4-9-11(10-6-5-8(2)16-10)14-7-15-12(9)13-3/h5-7H,4H2,1-3H3,(H,13,14,15). The van der Waals surface area contributed by atoms with Crippen molar-refractivity contribution in [3.8, 4) is 10.6 Å². The second-order valence-corrected chi connectivity index (χ2v) is 4.85. The van der Waals surface area contributed by atoms with E-state index in [0.29, 0.717) is 0 Å². The van der Waals surface area contributed by atoms with E-state index in [0.717, 1.165) is 17.9 Å². The number of nitrogens with zero attached hydrogens (tertiary/aromatic N) is 2. The zero-order valence-electron chi connectivity index (χ0n) is 9.74. The SMILES string of the molecule is CCc1c(NC)ncnc1-c1ccc(C)s1. The van der Waals surface area contributed by atoms with Crippen LogP contribution in [0.4, 0.5) is 5.82 Å². The molecule has 0 radical (unpaired) electrons. The van der Waals surface area contributed by atoms with Gasteiger partial charge in [0, 0.05) is 17.5 Å². The van der Waals surface area contributed by atoms with Crippen LogP contribution in [-0.2, 0) is 6.42 Å². The molecule has 4 heteroatoms. The molecule has 0 fully saturated rings. The fourth-order valence-electron chi connectivity index (χ4n) is 1.74. The van der Waals surface area contributed by atoms with Crippen LogP contribution in [0.2, 0.25) is 0 Å². The van der Waals surface area contributed by atoms with Gasteiger partial charge >= 0.3 is 0 Å². The lowest BCUT2D eigenvalue weighted by atomic mass is 10.1. The number of rotatable bonds is 3. The van der Waals surface area contributed by atoms with Crippen LogP contribution < -0.4 is 5.32 Å². The Hall–Kier alpha value is -1.42. The minimum Gasteiger partial charge on any atom is -0.373 e. The van der Waals surface area contributed by atoms with Gasteiger partial charge in [-0.3, -0.25) is 0 Å². The molecule has 0 aromatic carbocycles. The van der Waals surface area contributed by atoms with Crippen LogP contribution >= 0.6 is 11.3 Å². The molecule has 2 aromatic rings. The first-order chi connectivity index (χ1) is 7.76. The number of aromatic nitrogens is 2. The van der Waals surface area contributed by atoms with Gasteiger partial charge in [0.25, 0.3) is 0 Å². The molecule has 84 valence electrons. The molecular formula is C12H15N3S. The second-order valence-electron chi connectivity index (χ2n) is 3.56. The van der Waals surface area contributed by atoms with E-state index < -0.39 is 0 Å². The highest BCUT2D eigenvalue weighted by Gasteiger charge is 2.11. The van der Waals surface area contributed by atoms with Crippen LogP contribution in [-0.4, -0.2) is 17.0 Å². The van der Waals surface area contributed by atoms with Crippen molar-refractivity contribution in [2.75, 3.05) is 12.4 Å². The summed E-state index contributed by atoms with van der Waals surface area (Å²) in [5.41, 5.74) is 2.24. The zero-order chi connectivity index (χ0) is 11.5. The summed E-state index contributed by atoms with van der Waals surface area (Å²) >= 11 is 1.77. The Morgan fingerprint density at radius 1 is 1.31 bits per heavy atom. The molecule has 0 saturated carbocycles. The van der Waals surface area contributed by atoms with Gasteiger partial charge in [0.05, 0.1) is 10.6 Å². The smallest absolute Gasteiger partial charge is 0.132 e. The van der Waals surface area contributed by atoms with Crippen molar-refractivity contribution in [3.63, 3.8) is 0 Å². The van der Waals surface area contributed by atoms with E-state index in [2.05, 4.69) is 41.3 Å². The average Bonchev–Trinajstić information content (AvgIpc) is 2.74. The molecule has 0 spiro atoms. The number of nitrogens with one attached hydrogen (secondary N) is 1. The first-order valence-corrected chi connectivity index (χ1v) is 6.16. The van der Waals surface area contributed by atoms with Crippen molar-refractivity contribution in [1.29, 1.82) is 0 Å². The summed E-state index contributed by atoms with van der Waals surface area (Å²) in [7, 11) is 1.89. The minimum absolute atomic E-state index is 0.929. The van der Waals surface area contributed by atoms with Crippen molar-refractivity contribution in [1.82, 2.24) is 9.97 Å². The first kappa shape index (κ1) is 11.1. The van der Waals surface area contributed by atoms with Crippen molar-refractivity contribution < 1.29 is 0 Å². The van der Waals surface area contributed by atoms with Crippen molar-refractivity contribution >= 4 is 17.2 Å². The predicted molar refractivity (Wildman–Crippen MR) is 69.0 cm³/mol. The molecule has 0 aliphatic rings. The zero-order valence-corrected chi connectivity index (χ0v) is 10.6. The van der Waals surface area contributed by atoms with E-state index in [1.165, 1.54) is 15.3 Å². The summed E-state index contributed by atoms with van der Waals surface area (Å²) < 4.78 is 0. The van der Waals surface area contributed by atoms with E-state index >= 15 is 0 Å². The molecular weight excluding hydrogens is 218 g/mol. The van der Waals surface area contributed by atoms with Gasteiger partial charge in [-0.2, -0.15) is 0 Å². The van der Waals surface area contributed by atoms with Crippen LogP contribution in [0, 0.1) is 6.92 Å². The summed E-state index contributed by atoms with van der Waals surface area (Å²) in [6, 6.07) is 4.25. The van der Waals surface area contributed by atoms with Gasteiger partial charge in [-0.15, -0.1) is 11.3 Å². The molecule has 2 heterocycles. The summed E-state index contributed by atoms with van der Waals surface area (Å²) in [4.78, 5) is 11.2. The Labute approximate surface area is 99.6 Å². The fraction of sp³-hybridized carbons (Fsp3) is 0.333. The van der Waals surface area contributed by atoms with Crippen LogP contribution in [0.3, 0.4) is 0 Å². The number of hydrogen-bond acceptors (Lipinski definition) is 4. The molecule has 0 aliphatic heterocycles. The average molecular weight is 233 g/mol. The summed E-state index contributed by atoms with van der Waals surface area (Å²) in [5, 5.41) is 3.12. The highest BCUT2D eigenvalue weighted by molar-refractivity contribution is 7.15. The van der Waals surface area contributed by atoms with Gasteiger partial charge < -0.3 is 5.32 Å². The number of aryl methyl sites for hydroxylation is 1. The number of thiophene rings is 1. The Bertz CT molecular complexity index is 491. The van der Waals surface area contributed by atoms with Gasteiger partial charge in [0.1, 0.15) is 12.1 Å². The third-order valence-electron chi connectivity index (χ3n) is 2.51. The van der Waals surface area contributed by atoms with Gasteiger partial charge in [-0.25, -0.2) is 9.97 Å². The van der Waals surface area contributed by atoms with E-state index in [-0.39, 0.29) is 0 Å². The lowest BCUT2D eigenvalue weighted by Crippen LogP contribution is -2.01. The largest absolute Gasteiger partial charge is 0.373 e. The molecule has 2 rings (SSSR count). The van der Waals surface area contributed by atoms with E-state index in [1.807, 2.05) is 7.05 Å². The summed E-state index contributed by atoms with van der Waals surface area (Å²) in [5.74, 6) is 0.929. The Morgan fingerprint density at radius 2 is 2.12 bits per heavy atom. The molecule has 1 N–H and O–H groups in total. The topological polar surface area (TPSA) is 37.8 Å². The highest BCUT2D eigenvalue weighted by Crippen LogP contribution is 2.31. The molecule has 2 aromatic heterocycles. The third kappa shape index (κ3) is 1.93. The van der Waals surface area contributed by atoms with E-state index in [4.69, 9.17) is 0 Å². The van der Waals surface area contributed by atoms with E-state index in [1.54, 1.807) is 17.7 Å². The maximum absolute atomic E-state index is 4.40. The third-order valence-corrected chi connectivity index (χ3v) is 3.52. The Morgan fingerprint density at radius 3 is 2.69 bits per heavy atom. The Kier molecular flexibility index (Phi) is 3.19. The van der Waals surface area contributed by atoms with Crippen LogP contribution in [0.25, 0.3) is 10.6 Å². The maximum atomic E-state index is 4.40. The molecule has 0 atom stereocenters. The second kappa shape index (κ2) is 4.61. The molecule has 0 unspecified atom stereocenters. The molecule has 0 saturated heterocycles. The molecule has 3 nitrogen and oxygen atoms in total. The predicted octanol–water partition coefficient (Wildman–Crippen LogP) is 3.12. The minimum atomic E-state index is 0.929. The van der Waals surface area contributed by atoms with Crippen molar-refractivity contribution in [2.45, 2.75) is 20.3 Å². The molecule has 0 bridgehead atoms.